The highest BCUT2D eigenvalue weighted by Crippen LogP contribution is 2.23. The van der Waals surface area contributed by atoms with Crippen LogP contribution in [0.25, 0.3) is 0 Å². The van der Waals surface area contributed by atoms with E-state index in [2.05, 4.69) is 34.6 Å². The molecule has 0 radical (unpaired) electrons. The molecule has 0 aliphatic rings. The van der Waals surface area contributed by atoms with Crippen LogP contribution in [0.4, 0.5) is 11.4 Å². The summed E-state index contributed by atoms with van der Waals surface area (Å²) in [7, 11) is 0. The van der Waals surface area contributed by atoms with Crippen molar-refractivity contribution in [2.45, 2.75) is 41.0 Å². The van der Waals surface area contributed by atoms with E-state index in [1.807, 2.05) is 0 Å². The van der Waals surface area contributed by atoms with Crippen LogP contribution >= 0.6 is 0 Å². The SMILES string of the molecule is CC(C)CC(C)(C)C.Nc1ccc(N)cc1. The lowest BCUT2D eigenvalue weighted by atomic mass is 9.86. The maximum Gasteiger partial charge on any atom is 0.0315 e. The normalized spacial score (nSPS) is 10.9. The quantitative estimate of drug-likeness (QED) is 0.707. The zero-order valence-electron chi connectivity index (χ0n) is 11.2. The maximum atomic E-state index is 5.37. The summed E-state index contributed by atoms with van der Waals surface area (Å²) in [6, 6.07) is 7.09. The molecule has 0 bridgehead atoms. The third-order valence-corrected chi connectivity index (χ3v) is 1.96. The Morgan fingerprint density at radius 2 is 1.25 bits per heavy atom. The molecule has 0 unspecified atom stereocenters. The van der Waals surface area contributed by atoms with Gasteiger partial charge in [-0.1, -0.05) is 34.6 Å². The molecule has 0 aromatic heterocycles. The van der Waals surface area contributed by atoms with Crippen molar-refractivity contribution < 1.29 is 0 Å². The van der Waals surface area contributed by atoms with Crippen LogP contribution in [0.15, 0.2) is 24.3 Å². The van der Waals surface area contributed by atoms with Gasteiger partial charge in [0.1, 0.15) is 0 Å². The van der Waals surface area contributed by atoms with E-state index in [4.69, 9.17) is 11.5 Å². The number of benzene rings is 1. The summed E-state index contributed by atoms with van der Waals surface area (Å²) in [6.45, 7) is 11.4. The summed E-state index contributed by atoms with van der Waals surface area (Å²) in [5.41, 5.74) is 12.8. The number of rotatable bonds is 1. The predicted molar refractivity (Wildman–Crippen MR) is 74.2 cm³/mol. The lowest BCUT2D eigenvalue weighted by molar-refractivity contribution is 0.320. The molecule has 92 valence electrons. The van der Waals surface area contributed by atoms with E-state index in [-0.39, 0.29) is 0 Å². The summed E-state index contributed by atoms with van der Waals surface area (Å²) >= 11 is 0. The maximum absolute atomic E-state index is 5.37. The van der Waals surface area contributed by atoms with Crippen molar-refractivity contribution in [3.8, 4) is 0 Å². The minimum absolute atomic E-state index is 0.522. The first-order valence-electron chi connectivity index (χ1n) is 5.82. The van der Waals surface area contributed by atoms with Gasteiger partial charge in [0, 0.05) is 11.4 Å². The molecular formula is C14H26N2. The molecule has 1 rings (SSSR count). The predicted octanol–water partition coefficient (Wildman–Crippen LogP) is 3.93. The van der Waals surface area contributed by atoms with Gasteiger partial charge in [-0.3, -0.25) is 0 Å². The van der Waals surface area contributed by atoms with Gasteiger partial charge in [-0.05, 0) is 42.0 Å². The second-order valence-corrected chi connectivity index (χ2v) is 5.83. The Morgan fingerprint density at radius 1 is 0.938 bits per heavy atom. The van der Waals surface area contributed by atoms with Crippen LogP contribution in [-0.4, -0.2) is 0 Å². The Balaban J connectivity index is 0.000000281. The first-order valence-corrected chi connectivity index (χ1v) is 5.82. The molecule has 2 nitrogen and oxygen atoms in total. The van der Waals surface area contributed by atoms with Gasteiger partial charge in [-0.2, -0.15) is 0 Å². The molecule has 0 atom stereocenters. The number of nitrogens with two attached hydrogens (primary N) is 2. The Labute approximate surface area is 100 Å². The Bertz CT molecular complexity index is 260. The minimum atomic E-state index is 0.522. The van der Waals surface area contributed by atoms with Gasteiger partial charge in [-0.25, -0.2) is 0 Å². The van der Waals surface area contributed by atoms with Crippen molar-refractivity contribution in [1.82, 2.24) is 0 Å². The van der Waals surface area contributed by atoms with Crippen molar-refractivity contribution in [1.29, 1.82) is 0 Å². The van der Waals surface area contributed by atoms with Crippen molar-refractivity contribution in [3.05, 3.63) is 24.3 Å². The van der Waals surface area contributed by atoms with E-state index in [1.165, 1.54) is 6.42 Å². The molecule has 2 heteroatoms. The largest absolute Gasteiger partial charge is 0.399 e. The molecule has 0 spiro atoms. The fourth-order valence-corrected chi connectivity index (χ4v) is 1.72. The van der Waals surface area contributed by atoms with Crippen LogP contribution in [0.3, 0.4) is 0 Å². The van der Waals surface area contributed by atoms with Crippen molar-refractivity contribution >= 4 is 11.4 Å². The smallest absolute Gasteiger partial charge is 0.0315 e. The third-order valence-electron chi connectivity index (χ3n) is 1.96. The lowest BCUT2D eigenvalue weighted by Crippen LogP contribution is -2.08. The topological polar surface area (TPSA) is 52.0 Å². The van der Waals surface area contributed by atoms with Crippen molar-refractivity contribution in [2.75, 3.05) is 11.5 Å². The second-order valence-electron chi connectivity index (χ2n) is 5.83. The van der Waals surface area contributed by atoms with Gasteiger partial charge in [0.25, 0.3) is 0 Å². The van der Waals surface area contributed by atoms with Gasteiger partial charge in [0.15, 0.2) is 0 Å². The van der Waals surface area contributed by atoms with Crippen LogP contribution in [0.2, 0.25) is 0 Å². The number of hydrogen-bond donors (Lipinski definition) is 2. The van der Waals surface area contributed by atoms with Crippen molar-refractivity contribution in [2.24, 2.45) is 11.3 Å². The molecule has 0 amide bonds. The monoisotopic (exact) mass is 222 g/mol. The molecule has 0 aliphatic carbocycles. The fraction of sp³-hybridized carbons (Fsp3) is 0.571. The van der Waals surface area contributed by atoms with Gasteiger partial charge >= 0.3 is 0 Å². The standard InChI is InChI=1S/C8H18.C6H8N2/c1-7(2)6-8(3,4)5;7-5-1-2-6(8)4-3-5/h7H,6H2,1-5H3;1-4H,7-8H2. The lowest BCUT2D eigenvalue weighted by Gasteiger charge is -2.19. The second kappa shape index (κ2) is 6.41. The van der Waals surface area contributed by atoms with Crippen LogP contribution in [0, 0.1) is 11.3 Å². The minimum Gasteiger partial charge on any atom is -0.399 e. The number of hydrogen-bond acceptors (Lipinski definition) is 2. The molecule has 4 N–H and O–H groups in total. The summed E-state index contributed by atoms with van der Waals surface area (Å²) in [4.78, 5) is 0. The highest BCUT2D eigenvalue weighted by molar-refractivity contribution is 5.47. The Hall–Kier alpha value is -1.18. The van der Waals surface area contributed by atoms with Crippen LogP contribution in [0.1, 0.15) is 41.0 Å². The van der Waals surface area contributed by atoms with E-state index in [0.717, 1.165) is 17.3 Å². The molecule has 0 saturated heterocycles. The zero-order chi connectivity index (χ0) is 12.8. The van der Waals surface area contributed by atoms with E-state index in [9.17, 15) is 0 Å². The summed E-state index contributed by atoms with van der Waals surface area (Å²) in [5, 5.41) is 0. The van der Waals surface area contributed by atoms with E-state index in [0.29, 0.717) is 5.41 Å². The fourth-order valence-electron chi connectivity index (χ4n) is 1.72. The number of nitrogen functional groups attached to an aromatic ring is 2. The molecule has 16 heavy (non-hydrogen) atoms. The summed E-state index contributed by atoms with van der Waals surface area (Å²) < 4.78 is 0. The molecule has 0 fully saturated rings. The highest BCUT2D eigenvalue weighted by Gasteiger charge is 2.11. The molecule has 0 saturated carbocycles. The third kappa shape index (κ3) is 9.38. The molecule has 1 aromatic carbocycles. The zero-order valence-corrected chi connectivity index (χ0v) is 11.2. The Kier molecular flexibility index (Phi) is 5.94. The Morgan fingerprint density at radius 3 is 1.38 bits per heavy atom. The molecular weight excluding hydrogens is 196 g/mol. The average molecular weight is 222 g/mol. The first-order chi connectivity index (χ1) is 7.20. The van der Waals surface area contributed by atoms with Gasteiger partial charge in [-0.15, -0.1) is 0 Å². The molecule has 1 aromatic rings. The van der Waals surface area contributed by atoms with Crippen LogP contribution in [-0.2, 0) is 0 Å². The first kappa shape index (κ1) is 14.8. The van der Waals surface area contributed by atoms with Crippen molar-refractivity contribution in [3.63, 3.8) is 0 Å². The summed E-state index contributed by atoms with van der Waals surface area (Å²) in [6.07, 6.45) is 1.33. The van der Waals surface area contributed by atoms with Crippen LogP contribution in [0.5, 0.6) is 0 Å². The highest BCUT2D eigenvalue weighted by atomic mass is 14.6. The van der Waals surface area contributed by atoms with E-state index in [1.54, 1.807) is 24.3 Å². The van der Waals surface area contributed by atoms with Gasteiger partial charge in [0.05, 0.1) is 0 Å². The summed E-state index contributed by atoms with van der Waals surface area (Å²) in [5.74, 6) is 0.843. The van der Waals surface area contributed by atoms with Gasteiger partial charge in [0.2, 0.25) is 0 Å². The van der Waals surface area contributed by atoms with E-state index < -0.39 is 0 Å². The van der Waals surface area contributed by atoms with Crippen LogP contribution < -0.4 is 11.5 Å². The average Bonchev–Trinajstić information content (AvgIpc) is 2.07. The van der Waals surface area contributed by atoms with E-state index >= 15 is 0 Å². The molecule has 0 heterocycles. The van der Waals surface area contributed by atoms with Gasteiger partial charge < -0.3 is 11.5 Å². The number of anilines is 2. The molecule has 0 aliphatic heterocycles.